The van der Waals surface area contributed by atoms with Gasteiger partial charge in [0.1, 0.15) is 6.26 Å². The first kappa shape index (κ1) is 14.6. The van der Waals surface area contributed by atoms with Crippen molar-refractivity contribution in [1.82, 2.24) is 15.6 Å². The lowest BCUT2D eigenvalue weighted by molar-refractivity contribution is -0.120. The summed E-state index contributed by atoms with van der Waals surface area (Å²) in [5, 5.41) is 6.40. The van der Waals surface area contributed by atoms with Crippen LogP contribution in [0.1, 0.15) is 5.69 Å². The van der Waals surface area contributed by atoms with Crippen LogP contribution in [-0.4, -0.2) is 31.0 Å². The van der Waals surface area contributed by atoms with E-state index in [9.17, 15) is 4.79 Å². The topological polar surface area (TPSA) is 67.2 Å². The number of nitrogens with zero attached hydrogens (tertiary/aromatic N) is 1. The standard InChI is InChI=1S/C14H16ClN3O2/c1-16-6-7-17-13(19)8-12-9-20-14(18-12)10-2-4-11(15)5-3-10/h2-5,9,16H,6-8H2,1H3,(H,17,19). The maximum absolute atomic E-state index is 11.6. The Hall–Kier alpha value is -1.85. The van der Waals surface area contributed by atoms with E-state index in [1.807, 2.05) is 19.2 Å². The minimum atomic E-state index is -0.0730. The fraction of sp³-hybridized carbons (Fsp3) is 0.286. The first-order valence-electron chi connectivity index (χ1n) is 6.30. The molecule has 0 radical (unpaired) electrons. The zero-order chi connectivity index (χ0) is 14.4. The molecule has 0 aliphatic carbocycles. The van der Waals surface area contributed by atoms with Gasteiger partial charge >= 0.3 is 0 Å². The molecule has 1 aromatic heterocycles. The van der Waals surface area contributed by atoms with E-state index in [1.165, 1.54) is 6.26 Å². The van der Waals surface area contributed by atoms with Crippen LogP contribution in [0.3, 0.4) is 0 Å². The van der Waals surface area contributed by atoms with Gasteiger partial charge in [-0.1, -0.05) is 11.6 Å². The van der Waals surface area contributed by atoms with Gasteiger partial charge in [0.05, 0.1) is 12.1 Å². The summed E-state index contributed by atoms with van der Waals surface area (Å²) in [7, 11) is 1.84. The Labute approximate surface area is 122 Å². The lowest BCUT2D eigenvalue weighted by Gasteiger charge is -2.02. The normalized spacial score (nSPS) is 10.5. The third-order valence-electron chi connectivity index (χ3n) is 2.68. The van der Waals surface area contributed by atoms with Gasteiger partial charge in [-0.25, -0.2) is 4.98 Å². The number of aromatic nitrogens is 1. The minimum Gasteiger partial charge on any atom is -0.444 e. The molecule has 0 spiro atoms. The predicted molar refractivity (Wildman–Crippen MR) is 77.6 cm³/mol. The molecule has 0 saturated carbocycles. The molecule has 1 heterocycles. The number of carbonyl (C=O) groups is 1. The molecule has 2 N–H and O–H groups in total. The highest BCUT2D eigenvalue weighted by Gasteiger charge is 2.10. The number of likely N-dealkylation sites (N-methyl/N-ethyl adjacent to an activating group) is 1. The van der Waals surface area contributed by atoms with Crippen molar-refractivity contribution in [3.63, 3.8) is 0 Å². The fourth-order valence-corrected chi connectivity index (χ4v) is 1.79. The average molecular weight is 294 g/mol. The van der Waals surface area contributed by atoms with Gasteiger partial charge in [-0.05, 0) is 31.3 Å². The van der Waals surface area contributed by atoms with E-state index in [0.29, 0.717) is 23.2 Å². The van der Waals surface area contributed by atoms with Crippen LogP contribution in [0.2, 0.25) is 5.02 Å². The number of carbonyl (C=O) groups excluding carboxylic acids is 1. The summed E-state index contributed by atoms with van der Waals surface area (Å²) in [6.45, 7) is 1.33. The summed E-state index contributed by atoms with van der Waals surface area (Å²) >= 11 is 5.82. The average Bonchev–Trinajstić information content (AvgIpc) is 2.88. The largest absolute Gasteiger partial charge is 0.444 e. The lowest BCUT2D eigenvalue weighted by Crippen LogP contribution is -2.31. The highest BCUT2D eigenvalue weighted by Crippen LogP contribution is 2.20. The molecule has 6 heteroatoms. The summed E-state index contributed by atoms with van der Waals surface area (Å²) in [6.07, 6.45) is 1.71. The summed E-state index contributed by atoms with van der Waals surface area (Å²) < 4.78 is 5.37. The van der Waals surface area contributed by atoms with Gasteiger partial charge in [0.2, 0.25) is 11.8 Å². The van der Waals surface area contributed by atoms with Gasteiger partial charge in [0, 0.05) is 23.7 Å². The SMILES string of the molecule is CNCCNC(=O)Cc1coc(-c2ccc(Cl)cc2)n1. The van der Waals surface area contributed by atoms with Gasteiger partial charge in [-0.3, -0.25) is 4.79 Å². The summed E-state index contributed by atoms with van der Waals surface area (Å²) in [5.74, 6) is 0.413. The molecule has 5 nitrogen and oxygen atoms in total. The second-order valence-electron chi connectivity index (χ2n) is 4.28. The van der Waals surface area contributed by atoms with E-state index in [1.54, 1.807) is 12.1 Å². The van der Waals surface area contributed by atoms with Crippen molar-refractivity contribution < 1.29 is 9.21 Å². The third-order valence-corrected chi connectivity index (χ3v) is 2.93. The number of halogens is 1. The number of hydrogen-bond acceptors (Lipinski definition) is 4. The monoisotopic (exact) mass is 293 g/mol. The number of oxazole rings is 1. The van der Waals surface area contributed by atoms with Crippen LogP contribution in [0.5, 0.6) is 0 Å². The second kappa shape index (κ2) is 7.07. The molecule has 0 aliphatic heterocycles. The molecule has 106 valence electrons. The maximum atomic E-state index is 11.6. The van der Waals surface area contributed by atoms with Crippen LogP contribution in [0.25, 0.3) is 11.5 Å². The minimum absolute atomic E-state index is 0.0730. The molecule has 20 heavy (non-hydrogen) atoms. The van der Waals surface area contributed by atoms with E-state index >= 15 is 0 Å². The van der Waals surface area contributed by atoms with Gasteiger partial charge in [-0.15, -0.1) is 0 Å². The van der Waals surface area contributed by atoms with Crippen molar-refractivity contribution in [3.8, 4) is 11.5 Å². The Morgan fingerprint density at radius 3 is 2.75 bits per heavy atom. The van der Waals surface area contributed by atoms with Crippen molar-refractivity contribution in [3.05, 3.63) is 41.2 Å². The Bertz CT molecular complexity index is 566. The quantitative estimate of drug-likeness (QED) is 0.798. The highest BCUT2D eigenvalue weighted by atomic mass is 35.5. The highest BCUT2D eigenvalue weighted by molar-refractivity contribution is 6.30. The van der Waals surface area contributed by atoms with Crippen LogP contribution in [0.4, 0.5) is 0 Å². The smallest absolute Gasteiger partial charge is 0.226 e. The lowest BCUT2D eigenvalue weighted by atomic mass is 10.2. The fourth-order valence-electron chi connectivity index (χ4n) is 1.67. The van der Waals surface area contributed by atoms with Gasteiger partial charge < -0.3 is 15.1 Å². The van der Waals surface area contributed by atoms with Gasteiger partial charge in [0.15, 0.2) is 0 Å². The van der Waals surface area contributed by atoms with Crippen molar-refractivity contribution in [1.29, 1.82) is 0 Å². The molecule has 0 bridgehead atoms. The molecule has 0 aliphatic rings. The van der Waals surface area contributed by atoms with Crippen molar-refractivity contribution in [2.75, 3.05) is 20.1 Å². The van der Waals surface area contributed by atoms with E-state index in [0.717, 1.165) is 12.1 Å². The summed E-state index contributed by atoms with van der Waals surface area (Å²) in [5.41, 5.74) is 1.44. The molecule has 0 unspecified atom stereocenters. The third kappa shape index (κ3) is 4.08. The molecular formula is C14H16ClN3O2. The zero-order valence-corrected chi connectivity index (χ0v) is 11.9. The number of benzene rings is 1. The molecule has 1 amide bonds. The number of nitrogens with one attached hydrogen (secondary N) is 2. The second-order valence-corrected chi connectivity index (χ2v) is 4.72. The Morgan fingerprint density at radius 1 is 1.30 bits per heavy atom. The first-order valence-corrected chi connectivity index (χ1v) is 6.68. The number of amides is 1. The molecule has 0 fully saturated rings. The van der Waals surface area contributed by atoms with E-state index in [-0.39, 0.29) is 12.3 Å². The molecule has 2 rings (SSSR count). The number of hydrogen-bond donors (Lipinski definition) is 2. The van der Waals surface area contributed by atoms with Crippen LogP contribution < -0.4 is 10.6 Å². The van der Waals surface area contributed by atoms with E-state index in [4.69, 9.17) is 16.0 Å². The zero-order valence-electron chi connectivity index (χ0n) is 11.1. The molecule has 0 saturated heterocycles. The van der Waals surface area contributed by atoms with Crippen LogP contribution in [-0.2, 0) is 11.2 Å². The predicted octanol–water partition coefficient (Wildman–Crippen LogP) is 1.87. The Morgan fingerprint density at radius 2 is 2.05 bits per heavy atom. The van der Waals surface area contributed by atoms with Crippen LogP contribution >= 0.6 is 11.6 Å². The summed E-state index contributed by atoms with van der Waals surface area (Å²) in [6, 6.07) is 7.19. The molecular weight excluding hydrogens is 278 g/mol. The van der Waals surface area contributed by atoms with Crippen molar-refractivity contribution in [2.45, 2.75) is 6.42 Å². The van der Waals surface area contributed by atoms with Gasteiger partial charge in [0.25, 0.3) is 0 Å². The number of rotatable bonds is 6. The van der Waals surface area contributed by atoms with Gasteiger partial charge in [-0.2, -0.15) is 0 Å². The molecule has 2 aromatic rings. The first-order chi connectivity index (χ1) is 9.69. The van der Waals surface area contributed by atoms with Crippen molar-refractivity contribution >= 4 is 17.5 Å². The van der Waals surface area contributed by atoms with Crippen LogP contribution in [0.15, 0.2) is 34.9 Å². The maximum Gasteiger partial charge on any atom is 0.226 e. The Kier molecular flexibility index (Phi) is 5.15. The molecule has 1 aromatic carbocycles. The molecule has 0 atom stereocenters. The van der Waals surface area contributed by atoms with Crippen LogP contribution in [0, 0.1) is 0 Å². The van der Waals surface area contributed by atoms with E-state index in [2.05, 4.69) is 15.6 Å². The van der Waals surface area contributed by atoms with E-state index < -0.39 is 0 Å². The summed E-state index contributed by atoms with van der Waals surface area (Å²) in [4.78, 5) is 15.9. The Balaban J connectivity index is 1.95. The van der Waals surface area contributed by atoms with Crippen molar-refractivity contribution in [2.24, 2.45) is 0 Å².